The Morgan fingerprint density at radius 2 is 1.81 bits per heavy atom. The Bertz CT molecular complexity index is 769. The number of ketones is 1. The van der Waals surface area contributed by atoms with Gasteiger partial charge in [-0.1, -0.05) is 68.3 Å². The topological polar surface area (TPSA) is 26.3 Å². The molecule has 0 saturated carbocycles. The van der Waals surface area contributed by atoms with Gasteiger partial charge in [0.1, 0.15) is 11.4 Å². The lowest BCUT2D eigenvalue weighted by atomic mass is 9.70. The van der Waals surface area contributed by atoms with Gasteiger partial charge in [0.25, 0.3) is 0 Å². The second-order valence-electron chi connectivity index (χ2n) is 6.83. The van der Waals surface area contributed by atoms with E-state index >= 15 is 0 Å². The largest absolute Gasteiger partial charge is 0.481 e. The van der Waals surface area contributed by atoms with Crippen LogP contribution in [0.3, 0.4) is 0 Å². The summed E-state index contributed by atoms with van der Waals surface area (Å²) in [7, 11) is 0. The second-order valence-corrected chi connectivity index (χ2v) is 6.83. The summed E-state index contributed by atoms with van der Waals surface area (Å²) in [5.41, 5.74) is 0.810. The third-order valence-corrected chi connectivity index (χ3v) is 5.20. The van der Waals surface area contributed by atoms with Gasteiger partial charge in [-0.15, -0.1) is 0 Å². The molecule has 3 rings (SSSR count). The van der Waals surface area contributed by atoms with E-state index in [2.05, 4.69) is 6.92 Å². The average Bonchev–Trinajstić information content (AvgIpc) is 2.68. The minimum atomic E-state index is -0.763. The Kier molecular flexibility index (Phi) is 5.87. The third-order valence-electron chi connectivity index (χ3n) is 5.20. The summed E-state index contributed by atoms with van der Waals surface area (Å²) in [6, 6.07) is 17.3. The van der Waals surface area contributed by atoms with Crippen LogP contribution in [0.4, 0.5) is 4.39 Å². The number of ether oxygens (including phenoxy) is 1. The second kappa shape index (κ2) is 8.31. The van der Waals surface area contributed by atoms with Gasteiger partial charge in [0.15, 0.2) is 5.78 Å². The summed E-state index contributed by atoms with van der Waals surface area (Å²) in [6.07, 6.45) is 6.12. The third kappa shape index (κ3) is 3.44. The maximum atomic E-state index is 13.3. The number of hydrogen-bond acceptors (Lipinski definition) is 2. The summed E-state index contributed by atoms with van der Waals surface area (Å²) in [5, 5.41) is 0. The first kappa shape index (κ1) is 18.4. The lowest BCUT2D eigenvalue weighted by Gasteiger charge is -2.44. The van der Waals surface area contributed by atoms with Gasteiger partial charge in [-0.05, 0) is 37.0 Å². The smallest absolute Gasteiger partial charge is 0.174 e. The van der Waals surface area contributed by atoms with E-state index in [0.717, 1.165) is 31.2 Å². The standard InChI is InChI=1S/C23H25FO2/c1-2-3-9-16-23(18-11-5-4-6-12-18)20(14-10-17-24)22(25)19-13-7-8-15-21(19)26-23/h4-8,10-13,15,17,20H,2-3,9,14,16H2,1H3. The van der Waals surface area contributed by atoms with E-state index in [1.807, 2.05) is 48.5 Å². The van der Waals surface area contributed by atoms with Gasteiger partial charge in [-0.3, -0.25) is 4.79 Å². The molecule has 0 N–H and O–H groups in total. The van der Waals surface area contributed by atoms with Crippen molar-refractivity contribution >= 4 is 5.78 Å². The number of benzene rings is 2. The van der Waals surface area contributed by atoms with Crippen LogP contribution in [-0.2, 0) is 5.60 Å². The normalized spacial score (nSPS) is 22.2. The number of para-hydroxylation sites is 1. The number of halogens is 1. The molecule has 26 heavy (non-hydrogen) atoms. The number of fused-ring (bicyclic) bond motifs is 1. The molecule has 1 aliphatic rings. The first-order chi connectivity index (χ1) is 12.7. The predicted octanol–water partition coefficient (Wildman–Crippen LogP) is 6.23. The highest BCUT2D eigenvalue weighted by Crippen LogP contribution is 2.47. The Labute approximate surface area is 154 Å². The zero-order valence-electron chi connectivity index (χ0n) is 15.2. The summed E-state index contributed by atoms with van der Waals surface area (Å²) in [5.74, 6) is 0.215. The molecule has 0 bridgehead atoms. The van der Waals surface area contributed by atoms with E-state index in [1.165, 1.54) is 6.08 Å². The van der Waals surface area contributed by atoms with Crippen LogP contribution in [0, 0.1) is 5.92 Å². The zero-order chi connectivity index (χ0) is 18.4. The number of rotatable bonds is 7. The minimum Gasteiger partial charge on any atom is -0.481 e. The predicted molar refractivity (Wildman–Crippen MR) is 102 cm³/mol. The fraction of sp³-hybridized carbons (Fsp3) is 0.348. The van der Waals surface area contributed by atoms with E-state index in [0.29, 0.717) is 24.1 Å². The first-order valence-corrected chi connectivity index (χ1v) is 9.36. The SMILES string of the molecule is CCCCCC1(c2ccccc2)Oc2ccccc2C(=O)C1CC=CF. The molecule has 1 heterocycles. The van der Waals surface area contributed by atoms with Crippen LogP contribution in [0.1, 0.15) is 54.9 Å². The van der Waals surface area contributed by atoms with E-state index in [9.17, 15) is 9.18 Å². The monoisotopic (exact) mass is 352 g/mol. The van der Waals surface area contributed by atoms with E-state index < -0.39 is 11.5 Å². The van der Waals surface area contributed by atoms with Crippen molar-refractivity contribution in [3.05, 3.63) is 78.1 Å². The number of unbranched alkanes of at least 4 members (excludes halogenated alkanes) is 2. The molecule has 0 spiro atoms. The summed E-state index contributed by atoms with van der Waals surface area (Å²) < 4.78 is 19.4. The zero-order valence-corrected chi connectivity index (χ0v) is 15.2. The van der Waals surface area contributed by atoms with E-state index in [1.54, 1.807) is 6.07 Å². The highest BCUT2D eigenvalue weighted by atomic mass is 19.1. The summed E-state index contributed by atoms with van der Waals surface area (Å²) in [4.78, 5) is 13.3. The lowest BCUT2D eigenvalue weighted by molar-refractivity contribution is -0.0110. The molecule has 2 aromatic carbocycles. The van der Waals surface area contributed by atoms with Crippen molar-refractivity contribution < 1.29 is 13.9 Å². The number of carbonyl (C=O) groups is 1. The quantitative estimate of drug-likeness (QED) is 0.552. The Balaban J connectivity index is 2.12. The van der Waals surface area contributed by atoms with Gasteiger partial charge < -0.3 is 4.74 Å². The number of hydrogen-bond donors (Lipinski definition) is 0. The van der Waals surface area contributed by atoms with Crippen LogP contribution >= 0.6 is 0 Å². The van der Waals surface area contributed by atoms with Crippen LogP contribution in [0.25, 0.3) is 0 Å². The molecule has 1 aliphatic heterocycles. The van der Waals surface area contributed by atoms with Crippen LogP contribution in [0.2, 0.25) is 0 Å². The minimum absolute atomic E-state index is 0.0327. The number of allylic oxidation sites excluding steroid dienone is 1. The van der Waals surface area contributed by atoms with E-state index in [-0.39, 0.29) is 5.78 Å². The van der Waals surface area contributed by atoms with E-state index in [4.69, 9.17) is 4.74 Å². The summed E-state index contributed by atoms with van der Waals surface area (Å²) >= 11 is 0. The van der Waals surface area contributed by atoms with Crippen molar-refractivity contribution in [2.75, 3.05) is 0 Å². The average molecular weight is 352 g/mol. The Morgan fingerprint density at radius 1 is 1.08 bits per heavy atom. The molecule has 0 aliphatic carbocycles. The Hall–Kier alpha value is -2.42. The molecule has 2 unspecified atom stereocenters. The van der Waals surface area contributed by atoms with Crippen molar-refractivity contribution in [2.24, 2.45) is 5.92 Å². The first-order valence-electron chi connectivity index (χ1n) is 9.36. The van der Waals surface area contributed by atoms with Crippen molar-refractivity contribution in [3.63, 3.8) is 0 Å². The fourth-order valence-corrected chi connectivity index (χ4v) is 3.90. The van der Waals surface area contributed by atoms with Gasteiger partial charge in [0.2, 0.25) is 0 Å². The van der Waals surface area contributed by atoms with Crippen molar-refractivity contribution in [2.45, 2.75) is 44.6 Å². The molecule has 0 aromatic heterocycles. The van der Waals surface area contributed by atoms with Gasteiger partial charge in [-0.2, -0.15) is 0 Å². The Morgan fingerprint density at radius 3 is 2.54 bits per heavy atom. The van der Waals surface area contributed by atoms with Gasteiger partial charge >= 0.3 is 0 Å². The molecule has 0 amide bonds. The highest BCUT2D eigenvalue weighted by molar-refractivity contribution is 6.02. The maximum absolute atomic E-state index is 13.3. The maximum Gasteiger partial charge on any atom is 0.174 e. The van der Waals surface area contributed by atoms with Crippen LogP contribution in [0.5, 0.6) is 5.75 Å². The molecular weight excluding hydrogens is 327 g/mol. The van der Waals surface area contributed by atoms with Gasteiger partial charge in [0.05, 0.1) is 17.8 Å². The molecule has 0 radical (unpaired) electrons. The molecule has 0 saturated heterocycles. The van der Waals surface area contributed by atoms with Crippen molar-refractivity contribution in [3.8, 4) is 5.75 Å². The molecule has 136 valence electrons. The molecule has 2 nitrogen and oxygen atoms in total. The van der Waals surface area contributed by atoms with Crippen LogP contribution < -0.4 is 4.74 Å². The van der Waals surface area contributed by atoms with Crippen LogP contribution in [-0.4, -0.2) is 5.78 Å². The fourth-order valence-electron chi connectivity index (χ4n) is 3.90. The molecule has 2 atom stereocenters. The molecule has 3 heteroatoms. The molecular formula is C23H25FO2. The highest BCUT2D eigenvalue weighted by Gasteiger charge is 2.49. The number of Topliss-reactive ketones (excluding diaryl/α,β-unsaturated/α-hetero) is 1. The summed E-state index contributed by atoms with van der Waals surface area (Å²) in [6.45, 7) is 2.15. The van der Waals surface area contributed by atoms with Crippen LogP contribution in [0.15, 0.2) is 67.0 Å². The molecule has 2 aromatic rings. The van der Waals surface area contributed by atoms with Gasteiger partial charge in [-0.25, -0.2) is 4.39 Å². The van der Waals surface area contributed by atoms with Gasteiger partial charge in [0, 0.05) is 0 Å². The number of carbonyl (C=O) groups excluding carboxylic acids is 1. The van der Waals surface area contributed by atoms with Crippen molar-refractivity contribution in [1.29, 1.82) is 0 Å². The lowest BCUT2D eigenvalue weighted by Crippen LogP contribution is -2.48. The molecule has 0 fully saturated rings. The van der Waals surface area contributed by atoms with Crippen molar-refractivity contribution in [1.82, 2.24) is 0 Å².